The fourth-order valence-corrected chi connectivity index (χ4v) is 2.69. The van der Waals surface area contributed by atoms with Gasteiger partial charge in [-0.1, -0.05) is 18.2 Å². The van der Waals surface area contributed by atoms with Crippen LogP contribution in [0.3, 0.4) is 0 Å². The molecule has 0 radical (unpaired) electrons. The second kappa shape index (κ2) is 13.5. The monoisotopic (exact) mass is 460 g/mol. The van der Waals surface area contributed by atoms with Crippen molar-refractivity contribution in [2.45, 2.75) is 18.9 Å². The third-order valence-corrected chi connectivity index (χ3v) is 4.48. The van der Waals surface area contributed by atoms with Crippen LogP contribution in [-0.2, 0) is 9.59 Å². The molecular formula is C23H32N4O6. The fraction of sp³-hybridized carbons (Fsp3) is 0.304. The first-order chi connectivity index (χ1) is 15.7. The minimum Gasteiger partial charge on any atom is -0.495 e. The van der Waals surface area contributed by atoms with Crippen molar-refractivity contribution in [1.29, 1.82) is 0 Å². The van der Waals surface area contributed by atoms with Gasteiger partial charge in [0.2, 0.25) is 17.6 Å². The number of ether oxygens (including phenoxy) is 4. The number of anilines is 1. The molecule has 10 nitrogen and oxygen atoms in total. The Bertz CT molecular complexity index is 952. The van der Waals surface area contributed by atoms with Gasteiger partial charge in [0, 0.05) is 6.42 Å². The van der Waals surface area contributed by atoms with Gasteiger partial charge < -0.3 is 41.9 Å². The summed E-state index contributed by atoms with van der Waals surface area (Å²) in [5.74, 6) is 1.37. The van der Waals surface area contributed by atoms with E-state index in [4.69, 9.17) is 41.9 Å². The van der Waals surface area contributed by atoms with E-state index in [-0.39, 0.29) is 12.8 Å². The highest BCUT2D eigenvalue weighted by molar-refractivity contribution is 5.81. The Hall–Kier alpha value is -3.92. The van der Waals surface area contributed by atoms with Gasteiger partial charge in [0.05, 0.1) is 40.2 Å². The Kier molecular flexibility index (Phi) is 11.1. The molecule has 2 rings (SSSR count). The van der Waals surface area contributed by atoms with E-state index in [1.165, 1.54) is 0 Å². The van der Waals surface area contributed by atoms with E-state index < -0.39 is 17.9 Å². The van der Waals surface area contributed by atoms with Crippen molar-refractivity contribution in [3.63, 3.8) is 0 Å². The molecule has 180 valence electrons. The molecule has 0 unspecified atom stereocenters. The number of amides is 2. The molecule has 0 aromatic heterocycles. The summed E-state index contributed by atoms with van der Waals surface area (Å²) in [7, 11) is 6.36. The second-order valence-corrected chi connectivity index (χ2v) is 6.81. The lowest BCUT2D eigenvalue weighted by Gasteiger charge is -2.12. The molecular weight excluding hydrogens is 428 g/mol. The summed E-state index contributed by atoms with van der Waals surface area (Å²) in [6.45, 7) is 0. The highest BCUT2D eigenvalue weighted by Crippen LogP contribution is 2.38. The first-order valence-corrected chi connectivity index (χ1v) is 9.91. The van der Waals surface area contributed by atoms with Gasteiger partial charge in [-0.15, -0.1) is 0 Å². The molecule has 0 aliphatic heterocycles. The zero-order valence-electron chi connectivity index (χ0n) is 19.3. The topological polar surface area (TPSA) is 175 Å². The number of carbonyl (C=O) groups excluding carboxylic acids is 2. The van der Waals surface area contributed by atoms with Crippen LogP contribution in [0.4, 0.5) is 5.69 Å². The van der Waals surface area contributed by atoms with Crippen LogP contribution in [0.2, 0.25) is 0 Å². The molecule has 0 aliphatic rings. The first kappa shape index (κ1) is 27.1. The Morgan fingerprint density at radius 1 is 0.848 bits per heavy atom. The lowest BCUT2D eigenvalue weighted by Crippen LogP contribution is -2.37. The minimum atomic E-state index is -0.757. The van der Waals surface area contributed by atoms with E-state index in [0.717, 1.165) is 11.1 Å². The quantitative estimate of drug-likeness (QED) is 0.305. The second-order valence-electron chi connectivity index (χ2n) is 6.81. The van der Waals surface area contributed by atoms with E-state index in [0.29, 0.717) is 28.7 Å². The highest BCUT2D eigenvalue weighted by Gasteiger charge is 2.12. The number of primary amides is 2. The Morgan fingerprint density at radius 2 is 1.39 bits per heavy atom. The third kappa shape index (κ3) is 8.62. The van der Waals surface area contributed by atoms with E-state index in [9.17, 15) is 9.59 Å². The molecule has 33 heavy (non-hydrogen) atoms. The van der Waals surface area contributed by atoms with Crippen LogP contribution in [0.15, 0.2) is 30.3 Å². The predicted octanol–water partition coefficient (Wildman–Crippen LogP) is 1.54. The van der Waals surface area contributed by atoms with Gasteiger partial charge in [-0.3, -0.25) is 9.59 Å². The maximum absolute atomic E-state index is 10.3. The SMILES string of the molecule is COc1ccc(C=Cc2cc(OC)c(OC)c(OC)c2)cc1N.NC(=O)CC[C@@H](N)C(N)=O. The summed E-state index contributed by atoms with van der Waals surface area (Å²) in [6, 6.07) is 8.63. The molecule has 2 aromatic rings. The van der Waals surface area contributed by atoms with Crippen molar-refractivity contribution in [2.24, 2.45) is 17.2 Å². The van der Waals surface area contributed by atoms with Crippen LogP contribution < -0.4 is 41.9 Å². The third-order valence-electron chi connectivity index (χ3n) is 4.48. The van der Waals surface area contributed by atoms with E-state index in [1.54, 1.807) is 28.4 Å². The summed E-state index contributed by atoms with van der Waals surface area (Å²) in [5, 5.41) is 0. The smallest absolute Gasteiger partial charge is 0.234 e. The summed E-state index contributed by atoms with van der Waals surface area (Å²) in [4.78, 5) is 20.4. The Morgan fingerprint density at radius 3 is 1.82 bits per heavy atom. The standard InChI is InChI=1S/C18H21NO4.C5H11N3O2/c1-20-15-8-7-12(9-14(15)19)5-6-13-10-16(21-2)18(23-4)17(11-13)22-3;6-3(5(8)10)1-2-4(7)9/h5-11H,19H2,1-4H3;3H,1-2,6H2,(H2,7,9)(H2,8,10)/t;3-/m.1/s1. The molecule has 0 spiro atoms. The van der Waals surface area contributed by atoms with Gasteiger partial charge in [0.25, 0.3) is 0 Å². The maximum atomic E-state index is 10.3. The van der Waals surface area contributed by atoms with Crippen molar-refractivity contribution in [3.05, 3.63) is 41.5 Å². The number of nitrogens with two attached hydrogens (primary N) is 4. The number of carbonyl (C=O) groups is 2. The van der Waals surface area contributed by atoms with Gasteiger partial charge in [-0.25, -0.2) is 0 Å². The van der Waals surface area contributed by atoms with Crippen LogP contribution in [0.25, 0.3) is 12.2 Å². The number of rotatable bonds is 10. The van der Waals surface area contributed by atoms with Crippen molar-refractivity contribution in [1.82, 2.24) is 0 Å². The van der Waals surface area contributed by atoms with Gasteiger partial charge >= 0.3 is 0 Å². The number of hydrogen-bond acceptors (Lipinski definition) is 8. The number of benzene rings is 2. The lowest BCUT2D eigenvalue weighted by atomic mass is 10.1. The molecule has 2 aromatic carbocycles. The largest absolute Gasteiger partial charge is 0.495 e. The van der Waals surface area contributed by atoms with Crippen molar-refractivity contribution in [2.75, 3.05) is 34.2 Å². The number of methoxy groups -OCH3 is 4. The summed E-state index contributed by atoms with van der Waals surface area (Å²) >= 11 is 0. The van der Waals surface area contributed by atoms with Crippen LogP contribution in [-0.4, -0.2) is 46.3 Å². The molecule has 10 heteroatoms. The maximum Gasteiger partial charge on any atom is 0.234 e. The molecule has 0 saturated heterocycles. The average molecular weight is 461 g/mol. The molecule has 0 bridgehead atoms. The summed E-state index contributed by atoms with van der Waals surface area (Å²) in [6.07, 6.45) is 4.23. The van der Waals surface area contributed by atoms with Gasteiger partial charge in [0.15, 0.2) is 11.5 Å². The van der Waals surface area contributed by atoms with Crippen molar-refractivity contribution >= 4 is 29.7 Å². The zero-order chi connectivity index (χ0) is 25.0. The summed E-state index contributed by atoms with van der Waals surface area (Å²) < 4.78 is 21.2. The minimum absolute atomic E-state index is 0.101. The Balaban J connectivity index is 0.000000461. The molecule has 0 heterocycles. The van der Waals surface area contributed by atoms with Crippen LogP contribution in [0, 0.1) is 0 Å². The first-order valence-electron chi connectivity index (χ1n) is 9.91. The lowest BCUT2D eigenvalue weighted by molar-refractivity contribution is -0.120. The normalized spacial score (nSPS) is 11.2. The van der Waals surface area contributed by atoms with E-state index >= 15 is 0 Å². The molecule has 0 saturated carbocycles. The predicted molar refractivity (Wildman–Crippen MR) is 128 cm³/mol. The summed E-state index contributed by atoms with van der Waals surface area (Å²) in [5.41, 5.74) is 23.2. The molecule has 0 aliphatic carbocycles. The van der Waals surface area contributed by atoms with Crippen LogP contribution >= 0.6 is 0 Å². The van der Waals surface area contributed by atoms with Gasteiger partial charge in [0.1, 0.15) is 5.75 Å². The molecule has 0 fully saturated rings. The van der Waals surface area contributed by atoms with Crippen LogP contribution in [0.5, 0.6) is 23.0 Å². The van der Waals surface area contributed by atoms with Gasteiger partial charge in [-0.2, -0.15) is 0 Å². The highest BCUT2D eigenvalue weighted by atomic mass is 16.5. The average Bonchev–Trinajstić information content (AvgIpc) is 2.80. The van der Waals surface area contributed by atoms with E-state index in [2.05, 4.69) is 0 Å². The number of hydrogen-bond donors (Lipinski definition) is 4. The molecule has 8 N–H and O–H groups in total. The van der Waals surface area contributed by atoms with Crippen molar-refractivity contribution in [3.8, 4) is 23.0 Å². The van der Waals surface area contributed by atoms with Crippen molar-refractivity contribution < 1.29 is 28.5 Å². The molecule has 1 atom stereocenters. The Labute approximate surface area is 193 Å². The van der Waals surface area contributed by atoms with Gasteiger partial charge in [-0.05, 0) is 41.8 Å². The van der Waals surface area contributed by atoms with E-state index in [1.807, 2.05) is 42.5 Å². The number of nitrogen functional groups attached to an aromatic ring is 1. The zero-order valence-corrected chi connectivity index (χ0v) is 19.3. The van der Waals surface area contributed by atoms with Crippen LogP contribution in [0.1, 0.15) is 24.0 Å². The fourth-order valence-electron chi connectivity index (χ4n) is 2.69. The molecule has 2 amide bonds.